The number of unbranched alkanes of at least 4 members (excludes halogenated alkanes) is 1. The minimum absolute atomic E-state index is 0.0242. The zero-order valence-electron chi connectivity index (χ0n) is 21.2. The fraction of sp³-hybridized carbons (Fsp3) is 0.640. The number of hydrogen-bond acceptors (Lipinski definition) is 5. The van der Waals surface area contributed by atoms with Crippen molar-refractivity contribution in [2.75, 3.05) is 13.1 Å². The van der Waals surface area contributed by atoms with Crippen molar-refractivity contribution in [2.45, 2.75) is 91.3 Å². The van der Waals surface area contributed by atoms with Gasteiger partial charge in [0.25, 0.3) is 12.3 Å². The van der Waals surface area contributed by atoms with Crippen molar-refractivity contribution in [1.29, 1.82) is 0 Å². The van der Waals surface area contributed by atoms with Gasteiger partial charge in [0.05, 0.1) is 5.56 Å². The van der Waals surface area contributed by atoms with Crippen LogP contribution in [0.2, 0.25) is 0 Å². The molecule has 0 unspecified atom stereocenters. The fourth-order valence-corrected chi connectivity index (χ4v) is 4.47. The molecule has 188 valence electrons. The van der Waals surface area contributed by atoms with Crippen LogP contribution >= 0.6 is 11.3 Å². The lowest BCUT2D eigenvalue weighted by Gasteiger charge is -2.47. The van der Waals surface area contributed by atoms with Crippen LogP contribution in [0.5, 0.6) is 5.75 Å². The van der Waals surface area contributed by atoms with Gasteiger partial charge in [-0.15, -0.1) is 0 Å². The lowest BCUT2D eigenvalue weighted by atomic mass is 9.98. The number of hydrogen-bond donors (Lipinski definition) is 0. The topological polar surface area (TPSA) is 59.7 Å². The number of aromatic nitrogens is 2. The van der Waals surface area contributed by atoms with E-state index < -0.39 is 12.3 Å². The first-order chi connectivity index (χ1) is 15.8. The molecule has 0 bridgehead atoms. The second kappa shape index (κ2) is 10.2. The van der Waals surface area contributed by atoms with Gasteiger partial charge in [0.15, 0.2) is 0 Å². The van der Waals surface area contributed by atoms with E-state index in [0.717, 1.165) is 17.8 Å². The fourth-order valence-electron chi connectivity index (χ4n) is 3.49. The third-order valence-electron chi connectivity index (χ3n) is 5.76. The van der Waals surface area contributed by atoms with E-state index in [1.807, 2.05) is 0 Å². The van der Waals surface area contributed by atoms with Gasteiger partial charge in [0, 0.05) is 36.2 Å². The number of carbonyl (C=O) groups is 1. The van der Waals surface area contributed by atoms with Gasteiger partial charge in [-0.25, -0.2) is 13.5 Å². The molecule has 0 spiro atoms. The minimum atomic E-state index is -2.69. The van der Waals surface area contributed by atoms with E-state index in [4.69, 9.17) is 4.74 Å². The molecule has 0 N–H and O–H groups in total. The summed E-state index contributed by atoms with van der Waals surface area (Å²) in [5.74, 6) is -0.309. The van der Waals surface area contributed by atoms with E-state index >= 15 is 0 Å². The summed E-state index contributed by atoms with van der Waals surface area (Å²) in [5, 5.41) is 5.53. The molecule has 1 amide bonds. The highest BCUT2D eigenvalue weighted by Gasteiger charge is 2.36. The normalized spacial score (nSPS) is 16.2. The molecule has 1 fully saturated rings. The average Bonchev–Trinajstić information content (AvgIpc) is 3.10. The van der Waals surface area contributed by atoms with Gasteiger partial charge in [0.2, 0.25) is 4.80 Å². The molecular formula is C25H36F2N4O2S. The standard InChI is InChI=1S/C25H36F2N4O2S/c1-8-9-12-31-23(34-22(29-31)24(2,3)4)28-21(32)18-13-16(20(26)27)10-11-19(18)33-17-14-30(15-17)25(5,6)7/h10-11,13,17,20H,8-9,12,14-15H2,1-7H3. The lowest BCUT2D eigenvalue weighted by Crippen LogP contribution is -2.60. The number of aryl methyl sites for hydroxylation is 1. The van der Waals surface area contributed by atoms with E-state index in [0.29, 0.717) is 24.4 Å². The molecular weight excluding hydrogens is 458 g/mol. The molecule has 1 aromatic heterocycles. The second-order valence-corrected chi connectivity index (χ2v) is 11.8. The monoisotopic (exact) mass is 494 g/mol. The molecule has 3 rings (SSSR count). The maximum atomic E-state index is 13.4. The van der Waals surface area contributed by atoms with Crippen LogP contribution in [-0.4, -0.2) is 45.3 Å². The summed E-state index contributed by atoms with van der Waals surface area (Å²) >= 11 is 1.36. The van der Waals surface area contributed by atoms with Crippen LogP contribution in [0.25, 0.3) is 0 Å². The number of alkyl halides is 2. The van der Waals surface area contributed by atoms with Gasteiger partial charge >= 0.3 is 0 Å². The van der Waals surface area contributed by atoms with Gasteiger partial charge in [-0.2, -0.15) is 10.1 Å². The summed E-state index contributed by atoms with van der Waals surface area (Å²) in [4.78, 5) is 20.3. The molecule has 0 aliphatic carbocycles. The van der Waals surface area contributed by atoms with Crippen molar-refractivity contribution < 1.29 is 18.3 Å². The third-order valence-corrected chi connectivity index (χ3v) is 7.13. The van der Waals surface area contributed by atoms with Gasteiger partial charge in [0.1, 0.15) is 16.9 Å². The van der Waals surface area contributed by atoms with E-state index in [1.54, 1.807) is 4.68 Å². The third kappa shape index (κ3) is 6.30. The summed E-state index contributed by atoms with van der Waals surface area (Å²) in [5.41, 5.74) is -0.340. The first-order valence-corrected chi connectivity index (χ1v) is 12.6. The summed E-state index contributed by atoms with van der Waals surface area (Å²) < 4.78 is 34.7. The van der Waals surface area contributed by atoms with Crippen molar-refractivity contribution in [2.24, 2.45) is 4.99 Å². The van der Waals surface area contributed by atoms with Crippen LogP contribution in [0.15, 0.2) is 23.2 Å². The Morgan fingerprint density at radius 2 is 1.91 bits per heavy atom. The largest absolute Gasteiger partial charge is 0.487 e. The number of halogens is 2. The first-order valence-electron chi connectivity index (χ1n) is 11.8. The second-order valence-electron chi connectivity index (χ2n) is 10.8. The molecule has 0 saturated carbocycles. The van der Waals surface area contributed by atoms with Crippen LogP contribution in [0, 0.1) is 0 Å². The molecule has 0 radical (unpaired) electrons. The Kier molecular flexibility index (Phi) is 7.97. The molecule has 9 heteroatoms. The number of amides is 1. The molecule has 1 aliphatic heterocycles. The first kappa shape index (κ1) is 26.5. The maximum absolute atomic E-state index is 13.4. The molecule has 34 heavy (non-hydrogen) atoms. The van der Waals surface area contributed by atoms with E-state index in [2.05, 4.69) is 63.5 Å². The highest BCUT2D eigenvalue weighted by molar-refractivity contribution is 7.09. The highest BCUT2D eigenvalue weighted by atomic mass is 32.1. The van der Waals surface area contributed by atoms with E-state index in [9.17, 15) is 13.6 Å². The molecule has 6 nitrogen and oxygen atoms in total. The maximum Gasteiger partial charge on any atom is 0.283 e. The Morgan fingerprint density at radius 3 is 2.47 bits per heavy atom. The molecule has 1 saturated heterocycles. The van der Waals surface area contributed by atoms with Crippen molar-refractivity contribution >= 4 is 17.2 Å². The Labute approximate surface area is 204 Å². The summed E-state index contributed by atoms with van der Waals surface area (Å²) in [7, 11) is 0. The zero-order chi connectivity index (χ0) is 25.3. The molecule has 2 heterocycles. The number of ether oxygens (including phenoxy) is 1. The Hall–Kier alpha value is -2.13. The molecule has 1 aliphatic rings. The zero-order valence-corrected chi connectivity index (χ0v) is 22.0. The Bertz CT molecular complexity index is 1070. The molecule has 1 aromatic carbocycles. The molecule has 0 atom stereocenters. The summed E-state index contributed by atoms with van der Waals surface area (Å²) in [6, 6.07) is 3.97. The number of rotatable bonds is 7. The number of likely N-dealkylation sites (tertiary alicyclic amines) is 1. The summed E-state index contributed by atoms with van der Waals surface area (Å²) in [6.45, 7) is 16.7. The predicted molar refractivity (Wildman–Crippen MR) is 131 cm³/mol. The highest BCUT2D eigenvalue weighted by Crippen LogP contribution is 2.30. The lowest BCUT2D eigenvalue weighted by molar-refractivity contribution is -0.0352. The van der Waals surface area contributed by atoms with Crippen LogP contribution < -0.4 is 9.54 Å². The van der Waals surface area contributed by atoms with Crippen LogP contribution in [0.4, 0.5) is 8.78 Å². The average molecular weight is 495 g/mol. The smallest absolute Gasteiger partial charge is 0.283 e. The van der Waals surface area contributed by atoms with Crippen molar-refractivity contribution in [3.05, 3.63) is 39.1 Å². The van der Waals surface area contributed by atoms with Crippen molar-refractivity contribution in [1.82, 2.24) is 14.7 Å². The van der Waals surface area contributed by atoms with Crippen molar-refractivity contribution in [3.8, 4) is 5.75 Å². The summed E-state index contributed by atoms with van der Waals surface area (Å²) in [6.07, 6.45) is -0.917. The Morgan fingerprint density at radius 1 is 1.24 bits per heavy atom. The van der Waals surface area contributed by atoms with E-state index in [-0.39, 0.29) is 33.9 Å². The van der Waals surface area contributed by atoms with Gasteiger partial charge < -0.3 is 4.74 Å². The van der Waals surface area contributed by atoms with Crippen LogP contribution in [0.1, 0.15) is 88.7 Å². The van der Waals surface area contributed by atoms with Gasteiger partial charge in [-0.3, -0.25) is 9.69 Å². The van der Waals surface area contributed by atoms with Crippen molar-refractivity contribution in [3.63, 3.8) is 0 Å². The number of benzene rings is 1. The number of nitrogens with zero attached hydrogens (tertiary/aromatic N) is 4. The quantitative estimate of drug-likeness (QED) is 0.504. The predicted octanol–water partition coefficient (Wildman–Crippen LogP) is 5.58. The van der Waals surface area contributed by atoms with Gasteiger partial charge in [-0.1, -0.05) is 45.5 Å². The van der Waals surface area contributed by atoms with Crippen LogP contribution in [-0.2, 0) is 12.0 Å². The SMILES string of the molecule is CCCCn1nc(C(C)(C)C)sc1=NC(=O)c1cc(C(F)F)ccc1OC1CN(C(C)(C)C)C1. The van der Waals surface area contributed by atoms with E-state index in [1.165, 1.54) is 29.5 Å². The van der Waals surface area contributed by atoms with Crippen LogP contribution in [0.3, 0.4) is 0 Å². The Balaban J connectivity index is 1.95. The van der Waals surface area contributed by atoms with Gasteiger partial charge in [-0.05, 0) is 45.4 Å². The number of carbonyl (C=O) groups excluding carboxylic acids is 1. The minimum Gasteiger partial charge on any atom is -0.487 e. The molecule has 2 aromatic rings.